The molecule has 1 aromatic rings. The Balaban J connectivity index is 1.94. The Bertz CT molecular complexity index is 567. The summed E-state index contributed by atoms with van der Waals surface area (Å²) in [5.41, 5.74) is -0.126. The molecule has 1 aromatic heterocycles. The molecule has 8 heteroatoms. The number of nitrogens with zero attached hydrogens (tertiary/aromatic N) is 1. The summed E-state index contributed by atoms with van der Waals surface area (Å²) >= 11 is 0. The lowest BCUT2D eigenvalue weighted by molar-refractivity contribution is -0.182. The Morgan fingerprint density at radius 2 is 1.86 bits per heavy atom. The summed E-state index contributed by atoms with van der Waals surface area (Å²) in [5.74, 6) is -3.06. The number of hydrogen-bond acceptors (Lipinski definition) is 3. The maximum Gasteiger partial charge on any atom is 0.391 e. The number of hydrogen-bond donors (Lipinski definition) is 2. The van der Waals surface area contributed by atoms with Crippen LogP contribution in [0.5, 0.6) is 0 Å². The van der Waals surface area contributed by atoms with Gasteiger partial charge in [-0.3, -0.25) is 9.78 Å². The highest BCUT2D eigenvalue weighted by Gasteiger charge is 2.41. The molecule has 2 N–H and O–H groups in total. The average Bonchev–Trinajstić information content (AvgIpc) is 2.47. The Kier molecular flexibility index (Phi) is 4.68. The van der Waals surface area contributed by atoms with Crippen molar-refractivity contribution in [3.8, 4) is 0 Å². The number of aromatic carboxylic acids is 1. The first-order valence-corrected chi connectivity index (χ1v) is 6.84. The zero-order valence-electron chi connectivity index (χ0n) is 11.6. The maximum absolute atomic E-state index is 12.6. The molecule has 0 radical (unpaired) electrons. The van der Waals surface area contributed by atoms with E-state index >= 15 is 0 Å². The van der Waals surface area contributed by atoms with Crippen molar-refractivity contribution < 1.29 is 27.9 Å². The van der Waals surface area contributed by atoms with Crippen LogP contribution in [0.25, 0.3) is 0 Å². The van der Waals surface area contributed by atoms with Gasteiger partial charge < -0.3 is 10.4 Å². The van der Waals surface area contributed by atoms with Crippen molar-refractivity contribution in [2.24, 2.45) is 5.92 Å². The molecule has 0 spiro atoms. The topological polar surface area (TPSA) is 79.3 Å². The third kappa shape index (κ3) is 3.96. The minimum absolute atomic E-state index is 0.0168. The van der Waals surface area contributed by atoms with Gasteiger partial charge >= 0.3 is 12.1 Å². The van der Waals surface area contributed by atoms with Gasteiger partial charge in [-0.1, -0.05) is 0 Å². The molecular weight excluding hydrogens is 301 g/mol. The summed E-state index contributed by atoms with van der Waals surface area (Å²) in [6, 6.07) is 2.05. The normalized spacial score (nSPS) is 22.1. The fourth-order valence-corrected chi connectivity index (χ4v) is 2.51. The van der Waals surface area contributed by atoms with Crippen molar-refractivity contribution in [1.29, 1.82) is 0 Å². The molecule has 1 aliphatic rings. The fraction of sp³-hybridized carbons (Fsp3) is 0.500. The molecule has 1 saturated carbocycles. The van der Waals surface area contributed by atoms with Crippen molar-refractivity contribution in [3.05, 3.63) is 29.6 Å². The quantitative estimate of drug-likeness (QED) is 0.898. The van der Waals surface area contributed by atoms with Crippen LogP contribution >= 0.6 is 0 Å². The van der Waals surface area contributed by atoms with Crippen LogP contribution in [0.15, 0.2) is 18.3 Å². The van der Waals surface area contributed by atoms with E-state index in [0.717, 1.165) is 6.07 Å². The van der Waals surface area contributed by atoms with Gasteiger partial charge in [-0.15, -0.1) is 0 Å². The van der Waals surface area contributed by atoms with Crippen LogP contribution in [0.4, 0.5) is 13.2 Å². The molecule has 5 nitrogen and oxygen atoms in total. The third-order valence-corrected chi connectivity index (χ3v) is 3.76. The summed E-state index contributed by atoms with van der Waals surface area (Å²) in [7, 11) is 0. The highest BCUT2D eigenvalue weighted by Crippen LogP contribution is 2.37. The molecular formula is C14H15F3N2O3. The minimum atomic E-state index is -4.19. The third-order valence-electron chi connectivity index (χ3n) is 3.76. The largest absolute Gasteiger partial charge is 0.478 e. The van der Waals surface area contributed by atoms with E-state index in [9.17, 15) is 22.8 Å². The number of alkyl halides is 3. The van der Waals surface area contributed by atoms with Gasteiger partial charge in [0.15, 0.2) is 0 Å². The summed E-state index contributed by atoms with van der Waals surface area (Å²) in [4.78, 5) is 26.6. The Labute approximate surface area is 124 Å². The predicted octanol–water partition coefficient (Wildman–Crippen LogP) is 2.63. The molecule has 1 amide bonds. The van der Waals surface area contributed by atoms with Gasteiger partial charge in [0.05, 0.1) is 11.5 Å². The zero-order chi connectivity index (χ0) is 16.3. The second kappa shape index (κ2) is 6.33. The number of carbonyl (C=O) groups excluding carboxylic acids is 1. The monoisotopic (exact) mass is 316 g/mol. The maximum atomic E-state index is 12.6. The number of pyridine rings is 1. The number of carbonyl (C=O) groups is 2. The van der Waals surface area contributed by atoms with Crippen LogP contribution in [-0.2, 0) is 0 Å². The first-order valence-electron chi connectivity index (χ1n) is 6.84. The average molecular weight is 316 g/mol. The van der Waals surface area contributed by atoms with Crippen LogP contribution in [0.3, 0.4) is 0 Å². The molecule has 1 aliphatic carbocycles. The molecule has 2 rings (SSSR count). The van der Waals surface area contributed by atoms with E-state index in [1.807, 2.05) is 0 Å². The van der Waals surface area contributed by atoms with Gasteiger partial charge in [-0.2, -0.15) is 13.2 Å². The summed E-state index contributed by atoms with van der Waals surface area (Å²) in [6.45, 7) is 0. The predicted molar refractivity (Wildman–Crippen MR) is 70.5 cm³/mol. The summed E-state index contributed by atoms with van der Waals surface area (Å²) in [5, 5.41) is 11.5. The summed E-state index contributed by atoms with van der Waals surface area (Å²) < 4.78 is 37.7. The van der Waals surface area contributed by atoms with Crippen LogP contribution in [0, 0.1) is 5.92 Å². The van der Waals surface area contributed by atoms with Gasteiger partial charge in [0.2, 0.25) is 0 Å². The smallest absolute Gasteiger partial charge is 0.391 e. The standard InChI is InChI=1S/C14H15F3N2O3/c15-14(16,17)9-1-3-10(4-2-9)19-12(20)11-7-8(13(21)22)5-6-18-11/h5-7,9-10H,1-4H2,(H,19,20)(H,21,22). The minimum Gasteiger partial charge on any atom is -0.478 e. The number of aromatic nitrogens is 1. The Morgan fingerprint density at radius 3 is 2.41 bits per heavy atom. The number of carboxylic acids is 1. The number of nitrogens with one attached hydrogen (secondary N) is 1. The van der Waals surface area contributed by atoms with Crippen LogP contribution in [0.2, 0.25) is 0 Å². The van der Waals surface area contributed by atoms with E-state index in [1.54, 1.807) is 0 Å². The molecule has 22 heavy (non-hydrogen) atoms. The molecule has 0 aromatic carbocycles. The highest BCUT2D eigenvalue weighted by molar-refractivity contribution is 5.95. The van der Waals surface area contributed by atoms with Crippen molar-refractivity contribution in [1.82, 2.24) is 10.3 Å². The van der Waals surface area contributed by atoms with Crippen molar-refractivity contribution in [2.45, 2.75) is 37.9 Å². The van der Waals surface area contributed by atoms with E-state index in [0.29, 0.717) is 0 Å². The number of halogens is 3. The van der Waals surface area contributed by atoms with E-state index in [4.69, 9.17) is 5.11 Å². The van der Waals surface area contributed by atoms with Crippen molar-refractivity contribution in [3.63, 3.8) is 0 Å². The van der Waals surface area contributed by atoms with Gasteiger partial charge in [0, 0.05) is 12.2 Å². The lowest BCUT2D eigenvalue weighted by atomic mass is 9.85. The molecule has 0 unspecified atom stereocenters. The van der Waals surface area contributed by atoms with E-state index in [2.05, 4.69) is 10.3 Å². The molecule has 0 atom stereocenters. The molecule has 1 heterocycles. The van der Waals surface area contributed by atoms with Crippen LogP contribution in [-0.4, -0.2) is 34.2 Å². The zero-order valence-corrected chi connectivity index (χ0v) is 11.6. The second-order valence-electron chi connectivity index (χ2n) is 5.30. The van der Waals surface area contributed by atoms with E-state index in [-0.39, 0.29) is 43.0 Å². The highest BCUT2D eigenvalue weighted by atomic mass is 19.4. The van der Waals surface area contributed by atoms with Gasteiger partial charge in [-0.25, -0.2) is 4.79 Å². The SMILES string of the molecule is O=C(O)c1ccnc(C(=O)NC2CCC(C(F)(F)F)CC2)c1. The molecule has 1 fully saturated rings. The van der Waals surface area contributed by atoms with Crippen LogP contribution in [0.1, 0.15) is 46.5 Å². The number of rotatable bonds is 3. The lowest BCUT2D eigenvalue weighted by Crippen LogP contribution is -2.40. The van der Waals surface area contributed by atoms with E-state index in [1.165, 1.54) is 12.3 Å². The second-order valence-corrected chi connectivity index (χ2v) is 5.30. The number of carboxylic acid groups (broad SMARTS) is 1. The van der Waals surface area contributed by atoms with Crippen molar-refractivity contribution >= 4 is 11.9 Å². The lowest BCUT2D eigenvalue weighted by Gasteiger charge is -2.30. The van der Waals surface area contributed by atoms with Crippen LogP contribution < -0.4 is 5.32 Å². The fourth-order valence-electron chi connectivity index (χ4n) is 2.51. The molecule has 0 saturated heterocycles. The van der Waals surface area contributed by atoms with E-state index < -0.39 is 24.0 Å². The first kappa shape index (κ1) is 16.3. The Hall–Kier alpha value is -2.12. The van der Waals surface area contributed by atoms with Crippen molar-refractivity contribution in [2.75, 3.05) is 0 Å². The van der Waals surface area contributed by atoms with Gasteiger partial charge in [0.25, 0.3) is 5.91 Å². The van der Waals surface area contributed by atoms with Gasteiger partial charge in [-0.05, 0) is 37.8 Å². The summed E-state index contributed by atoms with van der Waals surface area (Å²) in [6.07, 6.45) is -2.53. The molecule has 0 aliphatic heterocycles. The molecule has 0 bridgehead atoms. The Morgan fingerprint density at radius 1 is 1.23 bits per heavy atom. The first-order chi connectivity index (χ1) is 10.3. The number of amides is 1. The van der Waals surface area contributed by atoms with Gasteiger partial charge in [0.1, 0.15) is 5.69 Å². The molecule has 120 valence electrons.